The van der Waals surface area contributed by atoms with Crippen LogP contribution < -0.4 is 0 Å². The maximum Gasteiger partial charge on any atom is 0.257 e. The standard InChI is InChI=1S/C15H13N5OS2/c1-9-7-10(2)20(18-9)13(21)8-22-14-16-17-15-19(14)11-5-3-4-6-12(11)23-15/h3-7H,8H2,1-2H3. The average molecular weight is 343 g/mol. The predicted octanol–water partition coefficient (Wildman–Crippen LogP) is 3.19. The molecule has 4 rings (SSSR count). The summed E-state index contributed by atoms with van der Waals surface area (Å²) >= 11 is 2.98. The van der Waals surface area contributed by atoms with E-state index in [1.54, 1.807) is 11.3 Å². The molecule has 116 valence electrons. The molecule has 0 aliphatic rings. The fraction of sp³-hybridized carbons (Fsp3) is 0.200. The van der Waals surface area contributed by atoms with Crippen molar-refractivity contribution in [3.05, 3.63) is 41.7 Å². The van der Waals surface area contributed by atoms with Crippen LogP contribution in [0.5, 0.6) is 0 Å². The van der Waals surface area contributed by atoms with E-state index in [1.165, 1.54) is 16.4 Å². The van der Waals surface area contributed by atoms with E-state index < -0.39 is 0 Å². The largest absolute Gasteiger partial charge is 0.272 e. The van der Waals surface area contributed by atoms with Crippen LogP contribution in [-0.2, 0) is 0 Å². The molecule has 8 heteroatoms. The van der Waals surface area contributed by atoms with Gasteiger partial charge in [0.25, 0.3) is 5.91 Å². The average Bonchev–Trinajstić information content (AvgIpc) is 3.18. The van der Waals surface area contributed by atoms with Crippen molar-refractivity contribution in [1.82, 2.24) is 24.4 Å². The predicted molar refractivity (Wildman–Crippen MR) is 91.4 cm³/mol. The summed E-state index contributed by atoms with van der Waals surface area (Å²) in [4.78, 5) is 13.2. The number of thioether (sulfide) groups is 1. The maximum atomic E-state index is 12.3. The van der Waals surface area contributed by atoms with Gasteiger partial charge in [0.15, 0.2) is 5.16 Å². The Morgan fingerprint density at radius 3 is 2.87 bits per heavy atom. The monoisotopic (exact) mass is 343 g/mol. The van der Waals surface area contributed by atoms with Crippen molar-refractivity contribution < 1.29 is 4.79 Å². The summed E-state index contributed by atoms with van der Waals surface area (Å²) < 4.78 is 4.61. The number of rotatable bonds is 3. The molecule has 0 N–H and O–H groups in total. The number of carbonyl (C=O) groups is 1. The van der Waals surface area contributed by atoms with Crippen molar-refractivity contribution in [2.24, 2.45) is 0 Å². The number of hydrogen-bond donors (Lipinski definition) is 0. The Morgan fingerprint density at radius 1 is 1.26 bits per heavy atom. The summed E-state index contributed by atoms with van der Waals surface area (Å²) in [5.74, 6) is 0.212. The molecule has 1 aromatic carbocycles. The summed E-state index contributed by atoms with van der Waals surface area (Å²) in [7, 11) is 0. The topological polar surface area (TPSA) is 65.1 Å². The molecular formula is C15H13N5OS2. The number of aryl methyl sites for hydroxylation is 2. The van der Waals surface area contributed by atoms with Crippen LogP contribution in [0, 0.1) is 13.8 Å². The van der Waals surface area contributed by atoms with E-state index >= 15 is 0 Å². The number of hydrogen-bond acceptors (Lipinski definition) is 6. The van der Waals surface area contributed by atoms with Gasteiger partial charge in [-0.05, 0) is 32.0 Å². The van der Waals surface area contributed by atoms with Gasteiger partial charge in [0.1, 0.15) is 0 Å². The second kappa shape index (κ2) is 5.47. The molecule has 0 saturated heterocycles. The smallest absolute Gasteiger partial charge is 0.257 e. The number of fused-ring (bicyclic) bond motifs is 3. The third-order valence-corrected chi connectivity index (χ3v) is 5.41. The lowest BCUT2D eigenvalue weighted by molar-refractivity contribution is 0.0924. The number of aromatic nitrogens is 5. The van der Waals surface area contributed by atoms with Crippen LogP contribution in [0.25, 0.3) is 15.2 Å². The van der Waals surface area contributed by atoms with Gasteiger partial charge in [0, 0.05) is 5.69 Å². The molecule has 0 atom stereocenters. The Balaban J connectivity index is 1.63. The van der Waals surface area contributed by atoms with Gasteiger partial charge in [-0.15, -0.1) is 10.2 Å². The number of para-hydroxylation sites is 1. The lowest BCUT2D eigenvalue weighted by atomic mass is 10.3. The first kappa shape index (κ1) is 14.4. The third kappa shape index (κ3) is 2.43. The fourth-order valence-electron chi connectivity index (χ4n) is 2.52. The lowest BCUT2D eigenvalue weighted by Crippen LogP contribution is -2.16. The maximum absolute atomic E-state index is 12.3. The van der Waals surface area contributed by atoms with Gasteiger partial charge < -0.3 is 0 Å². The highest BCUT2D eigenvalue weighted by molar-refractivity contribution is 7.99. The quantitative estimate of drug-likeness (QED) is 0.535. The van der Waals surface area contributed by atoms with Crippen molar-refractivity contribution in [1.29, 1.82) is 0 Å². The molecule has 0 aliphatic carbocycles. The highest BCUT2D eigenvalue weighted by Crippen LogP contribution is 2.29. The van der Waals surface area contributed by atoms with Crippen LogP contribution in [0.2, 0.25) is 0 Å². The van der Waals surface area contributed by atoms with Gasteiger partial charge in [-0.25, -0.2) is 4.68 Å². The SMILES string of the molecule is Cc1cc(C)n(C(=O)CSc2nnc3sc4ccccc4n23)n1. The van der Waals surface area contributed by atoms with Crippen molar-refractivity contribution in [3.8, 4) is 0 Å². The molecule has 3 heterocycles. The van der Waals surface area contributed by atoms with E-state index in [1.807, 2.05) is 42.5 Å². The van der Waals surface area contributed by atoms with Crippen molar-refractivity contribution in [2.45, 2.75) is 19.0 Å². The molecule has 0 aliphatic heterocycles. The zero-order valence-corrected chi connectivity index (χ0v) is 14.2. The normalized spacial score (nSPS) is 11.6. The molecule has 0 amide bonds. The first-order chi connectivity index (χ1) is 11.1. The van der Waals surface area contributed by atoms with Crippen LogP contribution >= 0.6 is 23.1 Å². The summed E-state index contributed by atoms with van der Waals surface area (Å²) in [6, 6.07) is 9.98. The van der Waals surface area contributed by atoms with E-state index in [0.29, 0.717) is 0 Å². The molecule has 3 aromatic heterocycles. The van der Waals surface area contributed by atoms with Gasteiger partial charge in [-0.3, -0.25) is 9.20 Å². The van der Waals surface area contributed by atoms with Crippen molar-refractivity contribution in [3.63, 3.8) is 0 Å². The van der Waals surface area contributed by atoms with Crippen LogP contribution in [0.4, 0.5) is 0 Å². The molecule has 4 aromatic rings. The molecule has 0 spiro atoms. The minimum absolute atomic E-state index is 0.0584. The molecule has 0 unspecified atom stereocenters. The van der Waals surface area contributed by atoms with Crippen molar-refractivity contribution in [2.75, 3.05) is 5.75 Å². The Kier molecular flexibility index (Phi) is 3.42. The number of carbonyl (C=O) groups excluding carboxylic acids is 1. The van der Waals surface area contributed by atoms with Gasteiger partial charge in [-0.2, -0.15) is 5.10 Å². The highest BCUT2D eigenvalue weighted by Gasteiger charge is 2.16. The summed E-state index contributed by atoms with van der Waals surface area (Å²) in [5.41, 5.74) is 2.76. The first-order valence-corrected chi connectivity index (χ1v) is 8.85. The van der Waals surface area contributed by atoms with E-state index in [2.05, 4.69) is 21.4 Å². The van der Waals surface area contributed by atoms with Gasteiger partial charge in [0.2, 0.25) is 4.96 Å². The van der Waals surface area contributed by atoms with Crippen LogP contribution in [0.3, 0.4) is 0 Å². The third-order valence-electron chi connectivity index (χ3n) is 3.48. The van der Waals surface area contributed by atoms with Gasteiger partial charge >= 0.3 is 0 Å². The number of nitrogens with zero attached hydrogens (tertiary/aromatic N) is 5. The highest BCUT2D eigenvalue weighted by atomic mass is 32.2. The number of benzene rings is 1. The molecule has 0 fully saturated rings. The zero-order valence-electron chi connectivity index (χ0n) is 12.6. The van der Waals surface area contributed by atoms with E-state index in [4.69, 9.17) is 0 Å². The Hall–Kier alpha value is -2.19. The Bertz CT molecular complexity index is 1030. The van der Waals surface area contributed by atoms with Gasteiger partial charge in [0.05, 0.1) is 21.7 Å². The van der Waals surface area contributed by atoms with Crippen molar-refractivity contribution >= 4 is 44.2 Å². The molecule has 6 nitrogen and oxygen atoms in total. The van der Waals surface area contributed by atoms with E-state index in [0.717, 1.165) is 31.7 Å². The second-order valence-corrected chi connectivity index (χ2v) is 7.14. The second-order valence-electron chi connectivity index (χ2n) is 5.19. The minimum Gasteiger partial charge on any atom is -0.272 e. The lowest BCUT2D eigenvalue weighted by Gasteiger charge is -2.02. The minimum atomic E-state index is -0.0584. The number of thiazole rings is 1. The molecular weight excluding hydrogens is 330 g/mol. The molecule has 23 heavy (non-hydrogen) atoms. The molecule has 0 saturated carbocycles. The summed E-state index contributed by atoms with van der Waals surface area (Å²) in [6.45, 7) is 3.76. The Morgan fingerprint density at radius 2 is 2.09 bits per heavy atom. The van der Waals surface area contributed by atoms with Crippen LogP contribution in [0.1, 0.15) is 16.2 Å². The summed E-state index contributed by atoms with van der Waals surface area (Å²) in [5, 5.41) is 13.4. The fourth-order valence-corrected chi connectivity index (χ4v) is 4.33. The van der Waals surface area contributed by atoms with Crippen LogP contribution in [-0.4, -0.2) is 36.0 Å². The van der Waals surface area contributed by atoms with Crippen LogP contribution in [0.15, 0.2) is 35.5 Å². The van der Waals surface area contributed by atoms with E-state index in [9.17, 15) is 4.79 Å². The molecule has 0 radical (unpaired) electrons. The Labute approximate surface area is 140 Å². The van der Waals surface area contributed by atoms with E-state index in [-0.39, 0.29) is 11.7 Å². The van der Waals surface area contributed by atoms with Gasteiger partial charge in [-0.1, -0.05) is 35.2 Å². The zero-order chi connectivity index (χ0) is 16.0. The first-order valence-electron chi connectivity index (χ1n) is 7.05. The molecule has 0 bridgehead atoms. The summed E-state index contributed by atoms with van der Waals surface area (Å²) in [6.07, 6.45) is 0.